The first-order valence-corrected chi connectivity index (χ1v) is 6.03. The molecule has 98 valence electrons. The molecular weight excluding hydrogens is 234 g/mol. The Morgan fingerprint density at radius 1 is 1.67 bits per heavy atom. The molecule has 1 aromatic heterocycles. The van der Waals surface area contributed by atoms with E-state index in [4.69, 9.17) is 4.52 Å². The van der Waals surface area contributed by atoms with Crippen LogP contribution in [-0.2, 0) is 16.1 Å². The molecule has 1 atom stereocenters. The van der Waals surface area contributed by atoms with Crippen LogP contribution in [0.15, 0.2) is 16.9 Å². The molecule has 0 unspecified atom stereocenters. The second kappa shape index (κ2) is 5.20. The fraction of sp³-hybridized carbons (Fsp3) is 0.583. The minimum atomic E-state index is -0.227. The van der Waals surface area contributed by atoms with Crippen LogP contribution in [0.2, 0.25) is 0 Å². The van der Waals surface area contributed by atoms with Gasteiger partial charge in [0.1, 0.15) is 12.0 Å². The first-order valence-electron chi connectivity index (χ1n) is 6.03. The van der Waals surface area contributed by atoms with Gasteiger partial charge in [-0.15, -0.1) is 0 Å². The quantitative estimate of drug-likeness (QED) is 0.781. The summed E-state index contributed by atoms with van der Waals surface area (Å²) in [5.41, 5.74) is 0.711. The van der Waals surface area contributed by atoms with E-state index in [0.29, 0.717) is 31.7 Å². The zero-order valence-corrected chi connectivity index (χ0v) is 10.6. The first-order chi connectivity index (χ1) is 8.61. The van der Waals surface area contributed by atoms with Gasteiger partial charge >= 0.3 is 0 Å². The molecule has 2 heterocycles. The maximum atomic E-state index is 12.2. The third kappa shape index (κ3) is 2.52. The summed E-state index contributed by atoms with van der Waals surface area (Å²) in [7, 11) is 1.72. The van der Waals surface area contributed by atoms with Crippen molar-refractivity contribution in [1.82, 2.24) is 15.0 Å². The highest BCUT2D eigenvalue weighted by molar-refractivity contribution is 5.89. The smallest absolute Gasteiger partial charge is 0.228 e. The van der Waals surface area contributed by atoms with Crippen LogP contribution in [0.5, 0.6) is 0 Å². The summed E-state index contributed by atoms with van der Waals surface area (Å²) in [6.45, 7) is 3.52. The van der Waals surface area contributed by atoms with Gasteiger partial charge in [0, 0.05) is 32.6 Å². The van der Waals surface area contributed by atoms with Crippen LogP contribution in [0.25, 0.3) is 0 Å². The fourth-order valence-corrected chi connectivity index (χ4v) is 2.19. The Morgan fingerprint density at radius 3 is 3.00 bits per heavy atom. The summed E-state index contributed by atoms with van der Waals surface area (Å²) >= 11 is 0. The molecule has 0 N–H and O–H groups in total. The maximum Gasteiger partial charge on any atom is 0.228 e. The van der Waals surface area contributed by atoms with E-state index in [1.54, 1.807) is 22.9 Å². The van der Waals surface area contributed by atoms with Crippen molar-refractivity contribution in [2.45, 2.75) is 19.9 Å². The predicted octanol–water partition coefficient (Wildman–Crippen LogP) is 0.501. The Labute approximate surface area is 106 Å². The number of carbonyl (C=O) groups excluding carboxylic acids is 2. The number of hydrogen-bond acceptors (Lipinski definition) is 4. The molecule has 0 radical (unpaired) electrons. The standard InChI is InChI=1S/C12H17N3O3/c1-3-15-7-9(6-11(15)16)12(17)14(2)8-10-4-5-18-13-10/h4-5,9H,3,6-8H2,1-2H3/t9-/m0/s1. The summed E-state index contributed by atoms with van der Waals surface area (Å²) in [4.78, 5) is 27.1. The van der Waals surface area contributed by atoms with Gasteiger partial charge in [0.05, 0.1) is 12.5 Å². The lowest BCUT2D eigenvalue weighted by Crippen LogP contribution is -2.34. The highest BCUT2D eigenvalue weighted by atomic mass is 16.5. The molecule has 1 fully saturated rings. The summed E-state index contributed by atoms with van der Waals surface area (Å²) in [5, 5.41) is 3.77. The average Bonchev–Trinajstić information content (AvgIpc) is 2.97. The largest absolute Gasteiger partial charge is 0.364 e. The van der Waals surface area contributed by atoms with Crippen molar-refractivity contribution < 1.29 is 14.1 Å². The van der Waals surface area contributed by atoms with E-state index in [2.05, 4.69) is 5.16 Å². The van der Waals surface area contributed by atoms with E-state index < -0.39 is 0 Å². The summed E-state index contributed by atoms with van der Waals surface area (Å²) < 4.78 is 4.72. The van der Waals surface area contributed by atoms with Crippen LogP contribution < -0.4 is 0 Å². The molecule has 1 aliphatic heterocycles. The van der Waals surface area contributed by atoms with Crippen LogP contribution in [0, 0.1) is 5.92 Å². The molecule has 0 saturated carbocycles. The molecule has 1 saturated heterocycles. The van der Waals surface area contributed by atoms with Crippen molar-refractivity contribution >= 4 is 11.8 Å². The minimum absolute atomic E-state index is 0.0118. The van der Waals surface area contributed by atoms with E-state index in [9.17, 15) is 9.59 Å². The lowest BCUT2D eigenvalue weighted by atomic mass is 10.1. The lowest BCUT2D eigenvalue weighted by Gasteiger charge is -2.20. The van der Waals surface area contributed by atoms with Gasteiger partial charge in [-0.2, -0.15) is 0 Å². The Bertz CT molecular complexity index is 430. The zero-order valence-electron chi connectivity index (χ0n) is 10.6. The van der Waals surface area contributed by atoms with Crippen LogP contribution in [0.1, 0.15) is 19.0 Å². The molecule has 6 heteroatoms. The zero-order chi connectivity index (χ0) is 13.1. The average molecular weight is 251 g/mol. The molecule has 0 aromatic carbocycles. The number of rotatable bonds is 4. The van der Waals surface area contributed by atoms with Crippen LogP contribution in [0.3, 0.4) is 0 Å². The van der Waals surface area contributed by atoms with Crippen LogP contribution >= 0.6 is 0 Å². The number of carbonyl (C=O) groups is 2. The Hall–Kier alpha value is -1.85. The second-order valence-electron chi connectivity index (χ2n) is 4.52. The maximum absolute atomic E-state index is 12.2. The number of nitrogens with zero attached hydrogens (tertiary/aromatic N) is 3. The summed E-state index contributed by atoms with van der Waals surface area (Å²) in [6.07, 6.45) is 1.79. The Balaban J connectivity index is 1.93. The Morgan fingerprint density at radius 2 is 2.44 bits per heavy atom. The molecule has 2 amide bonds. The van der Waals surface area contributed by atoms with E-state index in [1.807, 2.05) is 6.92 Å². The first kappa shape index (κ1) is 12.6. The van der Waals surface area contributed by atoms with E-state index >= 15 is 0 Å². The van der Waals surface area contributed by atoms with E-state index in [1.165, 1.54) is 6.26 Å². The van der Waals surface area contributed by atoms with Crippen LogP contribution in [-0.4, -0.2) is 46.9 Å². The molecule has 6 nitrogen and oxygen atoms in total. The predicted molar refractivity (Wildman–Crippen MR) is 63.3 cm³/mol. The second-order valence-corrected chi connectivity index (χ2v) is 4.52. The molecule has 0 bridgehead atoms. The van der Waals surface area contributed by atoms with Gasteiger partial charge in [-0.3, -0.25) is 9.59 Å². The molecule has 1 aromatic rings. The van der Waals surface area contributed by atoms with Crippen molar-refractivity contribution in [3.63, 3.8) is 0 Å². The third-order valence-electron chi connectivity index (χ3n) is 3.21. The fourth-order valence-electron chi connectivity index (χ4n) is 2.19. The normalized spacial score (nSPS) is 19.3. The van der Waals surface area contributed by atoms with Gasteiger partial charge in [-0.25, -0.2) is 0 Å². The van der Waals surface area contributed by atoms with Crippen LogP contribution in [0.4, 0.5) is 0 Å². The SMILES string of the molecule is CCN1C[C@@H](C(=O)N(C)Cc2ccon2)CC1=O. The highest BCUT2D eigenvalue weighted by Gasteiger charge is 2.34. The van der Waals surface area contributed by atoms with Crippen molar-refractivity contribution in [2.75, 3.05) is 20.1 Å². The minimum Gasteiger partial charge on any atom is -0.364 e. The molecule has 0 aliphatic carbocycles. The third-order valence-corrected chi connectivity index (χ3v) is 3.21. The number of aromatic nitrogens is 1. The Kier molecular flexibility index (Phi) is 3.64. The van der Waals surface area contributed by atoms with Gasteiger partial charge < -0.3 is 14.3 Å². The monoisotopic (exact) mass is 251 g/mol. The van der Waals surface area contributed by atoms with Gasteiger partial charge in [0.15, 0.2) is 0 Å². The van der Waals surface area contributed by atoms with Gasteiger partial charge in [-0.05, 0) is 6.92 Å². The van der Waals surface area contributed by atoms with Crippen molar-refractivity contribution in [3.05, 3.63) is 18.0 Å². The lowest BCUT2D eigenvalue weighted by molar-refractivity contribution is -0.135. The molecule has 1 aliphatic rings. The molecule has 0 spiro atoms. The van der Waals surface area contributed by atoms with Gasteiger partial charge in [0.25, 0.3) is 0 Å². The van der Waals surface area contributed by atoms with E-state index in [0.717, 1.165) is 0 Å². The topological polar surface area (TPSA) is 66.7 Å². The summed E-state index contributed by atoms with van der Waals surface area (Å²) in [5.74, 6) is -0.178. The summed E-state index contributed by atoms with van der Waals surface area (Å²) in [6, 6.07) is 1.72. The van der Waals surface area contributed by atoms with Crippen molar-refractivity contribution in [1.29, 1.82) is 0 Å². The number of hydrogen-bond donors (Lipinski definition) is 0. The van der Waals surface area contributed by atoms with Crippen molar-refractivity contribution in [2.24, 2.45) is 5.92 Å². The van der Waals surface area contributed by atoms with E-state index in [-0.39, 0.29) is 17.7 Å². The molecular formula is C12H17N3O3. The van der Waals surface area contributed by atoms with Gasteiger partial charge in [0.2, 0.25) is 11.8 Å². The highest BCUT2D eigenvalue weighted by Crippen LogP contribution is 2.19. The molecule has 18 heavy (non-hydrogen) atoms. The molecule has 2 rings (SSSR count). The number of likely N-dealkylation sites (tertiary alicyclic amines) is 1. The van der Waals surface area contributed by atoms with Gasteiger partial charge in [-0.1, -0.05) is 5.16 Å². The van der Waals surface area contributed by atoms with Crippen molar-refractivity contribution in [3.8, 4) is 0 Å². The number of amides is 2.